The van der Waals surface area contributed by atoms with Gasteiger partial charge in [0.15, 0.2) is 0 Å². The van der Waals surface area contributed by atoms with Crippen molar-refractivity contribution in [1.29, 1.82) is 0 Å². The van der Waals surface area contributed by atoms with E-state index in [1.165, 1.54) is 12.1 Å². The zero-order chi connectivity index (χ0) is 14.8. The lowest BCUT2D eigenvalue weighted by molar-refractivity contribution is 0.0988. The predicted octanol–water partition coefficient (Wildman–Crippen LogP) is 2.84. The van der Waals surface area contributed by atoms with E-state index < -0.39 is 5.82 Å². The molecular weight excluding hydrogens is 271 g/mol. The Balaban J connectivity index is 2.01. The van der Waals surface area contributed by atoms with Crippen molar-refractivity contribution in [1.82, 2.24) is 0 Å². The van der Waals surface area contributed by atoms with Gasteiger partial charge in [0, 0.05) is 12.2 Å². The third-order valence-corrected chi connectivity index (χ3v) is 3.43. The van der Waals surface area contributed by atoms with E-state index >= 15 is 0 Å². The molecular formula is C16H15FN2O2. The van der Waals surface area contributed by atoms with E-state index in [9.17, 15) is 9.18 Å². The van der Waals surface area contributed by atoms with Crippen LogP contribution in [0.3, 0.4) is 0 Å². The van der Waals surface area contributed by atoms with Crippen LogP contribution in [0.4, 0.5) is 15.8 Å². The van der Waals surface area contributed by atoms with Gasteiger partial charge in [0.05, 0.1) is 17.9 Å². The second kappa shape index (κ2) is 5.44. The Morgan fingerprint density at radius 3 is 2.86 bits per heavy atom. The minimum absolute atomic E-state index is 0.141. The summed E-state index contributed by atoms with van der Waals surface area (Å²) in [4.78, 5) is 14.3. The van der Waals surface area contributed by atoms with E-state index in [-0.39, 0.29) is 11.6 Å². The van der Waals surface area contributed by atoms with Gasteiger partial charge in [-0.2, -0.15) is 0 Å². The summed E-state index contributed by atoms with van der Waals surface area (Å²) in [6, 6.07) is 11.2. The molecule has 2 aromatic rings. The monoisotopic (exact) mass is 286 g/mol. The van der Waals surface area contributed by atoms with E-state index in [0.29, 0.717) is 30.2 Å². The summed E-state index contributed by atoms with van der Waals surface area (Å²) in [7, 11) is 0. The van der Waals surface area contributed by atoms with Crippen LogP contribution >= 0.6 is 0 Å². The molecule has 0 aromatic heterocycles. The summed E-state index contributed by atoms with van der Waals surface area (Å²) in [5, 5.41) is 0. The minimum Gasteiger partial charge on any atom is -0.491 e. The molecule has 0 aliphatic carbocycles. The van der Waals surface area contributed by atoms with E-state index in [4.69, 9.17) is 10.5 Å². The minimum atomic E-state index is -0.455. The van der Waals surface area contributed by atoms with Crippen LogP contribution in [0.2, 0.25) is 0 Å². The average molecular weight is 286 g/mol. The van der Waals surface area contributed by atoms with Crippen LogP contribution in [0.15, 0.2) is 42.5 Å². The number of nitrogens with two attached hydrogens (primary N) is 1. The van der Waals surface area contributed by atoms with Crippen LogP contribution in [-0.2, 0) is 0 Å². The van der Waals surface area contributed by atoms with Crippen LogP contribution in [0.5, 0.6) is 5.75 Å². The van der Waals surface area contributed by atoms with Crippen LogP contribution in [0.25, 0.3) is 0 Å². The van der Waals surface area contributed by atoms with E-state index in [1.807, 2.05) is 24.3 Å². The summed E-state index contributed by atoms with van der Waals surface area (Å²) < 4.78 is 18.8. The second-order valence-electron chi connectivity index (χ2n) is 4.86. The smallest absolute Gasteiger partial charge is 0.260 e. The second-order valence-corrected chi connectivity index (χ2v) is 4.86. The predicted molar refractivity (Wildman–Crippen MR) is 79.0 cm³/mol. The van der Waals surface area contributed by atoms with Gasteiger partial charge in [-0.15, -0.1) is 0 Å². The number of amides is 1. The van der Waals surface area contributed by atoms with Gasteiger partial charge in [-0.05, 0) is 36.8 Å². The molecule has 1 aliphatic rings. The third-order valence-electron chi connectivity index (χ3n) is 3.43. The topological polar surface area (TPSA) is 55.6 Å². The fourth-order valence-electron chi connectivity index (χ4n) is 2.41. The highest BCUT2D eigenvalue weighted by atomic mass is 19.1. The molecule has 108 valence electrons. The van der Waals surface area contributed by atoms with Crippen molar-refractivity contribution in [3.05, 3.63) is 53.8 Å². The number of carbonyl (C=O) groups excluding carboxylic acids is 1. The van der Waals surface area contributed by atoms with Gasteiger partial charge in [0.25, 0.3) is 5.91 Å². The highest BCUT2D eigenvalue weighted by Crippen LogP contribution is 2.32. The summed E-state index contributed by atoms with van der Waals surface area (Å²) in [5.41, 5.74) is 6.92. The number of hydrogen-bond acceptors (Lipinski definition) is 3. The molecule has 21 heavy (non-hydrogen) atoms. The van der Waals surface area contributed by atoms with Gasteiger partial charge in [0.1, 0.15) is 11.6 Å². The number of para-hydroxylation sites is 2. The maximum absolute atomic E-state index is 13.1. The number of nitrogens with zero attached hydrogens (tertiary/aromatic N) is 1. The molecule has 0 fully saturated rings. The summed E-state index contributed by atoms with van der Waals surface area (Å²) in [5.74, 6) is -0.0295. The Bertz CT molecular complexity index is 688. The first-order valence-electron chi connectivity index (χ1n) is 6.75. The third kappa shape index (κ3) is 2.54. The number of ether oxygens (including phenoxy) is 1. The van der Waals surface area contributed by atoms with Crippen LogP contribution in [0, 0.1) is 5.82 Å². The first-order valence-corrected chi connectivity index (χ1v) is 6.75. The first kappa shape index (κ1) is 13.4. The molecule has 4 nitrogen and oxygen atoms in total. The SMILES string of the molecule is Nc1cc(F)ccc1C(=O)N1CCCOc2ccccc21. The number of benzene rings is 2. The van der Waals surface area contributed by atoms with Gasteiger partial charge in [0.2, 0.25) is 0 Å². The van der Waals surface area contributed by atoms with Crippen molar-refractivity contribution in [3.63, 3.8) is 0 Å². The van der Waals surface area contributed by atoms with Crippen molar-refractivity contribution < 1.29 is 13.9 Å². The molecule has 0 spiro atoms. The number of carbonyl (C=O) groups is 1. The Kier molecular flexibility index (Phi) is 3.48. The molecule has 0 atom stereocenters. The molecule has 0 bridgehead atoms. The van der Waals surface area contributed by atoms with Gasteiger partial charge >= 0.3 is 0 Å². The molecule has 1 heterocycles. The molecule has 3 rings (SSSR count). The van der Waals surface area contributed by atoms with E-state index in [2.05, 4.69) is 0 Å². The van der Waals surface area contributed by atoms with E-state index in [1.54, 1.807) is 4.90 Å². The molecule has 5 heteroatoms. The van der Waals surface area contributed by atoms with Crippen molar-refractivity contribution in [2.75, 3.05) is 23.8 Å². The summed E-state index contributed by atoms with van der Waals surface area (Å²) >= 11 is 0. The molecule has 1 aliphatic heterocycles. The van der Waals surface area contributed by atoms with Crippen LogP contribution < -0.4 is 15.4 Å². The van der Waals surface area contributed by atoms with Crippen molar-refractivity contribution in [3.8, 4) is 5.75 Å². The largest absolute Gasteiger partial charge is 0.491 e. The molecule has 0 saturated heterocycles. The molecule has 0 radical (unpaired) electrons. The number of nitrogen functional groups attached to an aromatic ring is 1. The molecule has 1 amide bonds. The molecule has 2 N–H and O–H groups in total. The van der Waals surface area contributed by atoms with Gasteiger partial charge in [-0.25, -0.2) is 4.39 Å². The lowest BCUT2D eigenvalue weighted by atomic mass is 10.1. The van der Waals surface area contributed by atoms with Crippen molar-refractivity contribution in [2.45, 2.75) is 6.42 Å². The molecule has 2 aromatic carbocycles. The van der Waals surface area contributed by atoms with Gasteiger partial charge in [-0.3, -0.25) is 4.79 Å². The quantitative estimate of drug-likeness (QED) is 0.820. The van der Waals surface area contributed by atoms with Gasteiger partial charge < -0.3 is 15.4 Å². The number of halogens is 1. The highest BCUT2D eigenvalue weighted by Gasteiger charge is 2.24. The summed E-state index contributed by atoms with van der Waals surface area (Å²) in [6.07, 6.45) is 0.724. The van der Waals surface area contributed by atoms with Gasteiger partial charge in [-0.1, -0.05) is 12.1 Å². The normalized spacial score (nSPS) is 14.0. The number of rotatable bonds is 1. The first-order chi connectivity index (χ1) is 10.2. The number of hydrogen-bond donors (Lipinski definition) is 1. The Hall–Kier alpha value is -2.56. The lowest BCUT2D eigenvalue weighted by Crippen LogP contribution is -2.32. The van der Waals surface area contributed by atoms with Crippen molar-refractivity contribution in [2.24, 2.45) is 0 Å². The number of fused-ring (bicyclic) bond motifs is 1. The highest BCUT2D eigenvalue weighted by molar-refractivity contribution is 6.10. The number of anilines is 2. The maximum Gasteiger partial charge on any atom is 0.260 e. The fourth-order valence-corrected chi connectivity index (χ4v) is 2.41. The van der Waals surface area contributed by atoms with Crippen LogP contribution in [0.1, 0.15) is 16.8 Å². The Morgan fingerprint density at radius 1 is 1.24 bits per heavy atom. The molecule has 0 unspecified atom stereocenters. The fraction of sp³-hybridized carbons (Fsp3) is 0.188. The van der Waals surface area contributed by atoms with E-state index in [0.717, 1.165) is 12.5 Å². The van der Waals surface area contributed by atoms with Crippen molar-refractivity contribution >= 4 is 17.3 Å². The average Bonchev–Trinajstić information content (AvgIpc) is 2.69. The lowest BCUT2D eigenvalue weighted by Gasteiger charge is -2.22. The zero-order valence-electron chi connectivity index (χ0n) is 11.4. The summed E-state index contributed by atoms with van der Waals surface area (Å²) in [6.45, 7) is 1.09. The zero-order valence-corrected chi connectivity index (χ0v) is 11.4. The van der Waals surface area contributed by atoms with Crippen LogP contribution in [-0.4, -0.2) is 19.1 Å². The maximum atomic E-state index is 13.1. The Labute approximate surface area is 121 Å². The standard InChI is InChI=1S/C16H15FN2O2/c17-11-6-7-12(13(18)10-11)16(20)19-8-3-9-21-15-5-2-1-4-14(15)19/h1-2,4-7,10H,3,8-9,18H2. The molecule has 0 saturated carbocycles. The Morgan fingerprint density at radius 2 is 2.05 bits per heavy atom.